The molecule has 7 heteroatoms. The molecule has 2 aromatic heterocycles. The molecule has 1 fully saturated rings. The fourth-order valence-corrected chi connectivity index (χ4v) is 3.88. The quantitative estimate of drug-likeness (QED) is 0.628. The first-order valence-electron chi connectivity index (χ1n) is 10.4. The first-order valence-corrected chi connectivity index (χ1v) is 10.4. The lowest BCUT2D eigenvalue weighted by atomic mass is 10.1. The van der Waals surface area contributed by atoms with E-state index in [0.29, 0.717) is 6.54 Å². The van der Waals surface area contributed by atoms with Crippen LogP contribution >= 0.6 is 0 Å². The number of imidazole rings is 1. The molecule has 1 unspecified atom stereocenters. The number of hydrogen-bond donors (Lipinski definition) is 0. The average Bonchev–Trinajstić information content (AvgIpc) is 3.17. The zero-order valence-corrected chi connectivity index (χ0v) is 17.5. The highest BCUT2D eigenvalue weighted by atomic mass is 19.1. The van der Waals surface area contributed by atoms with E-state index >= 15 is 0 Å². The van der Waals surface area contributed by atoms with Crippen LogP contribution in [0.2, 0.25) is 0 Å². The Balaban J connectivity index is 1.26. The van der Waals surface area contributed by atoms with Crippen LogP contribution in [0, 0.1) is 5.82 Å². The summed E-state index contributed by atoms with van der Waals surface area (Å²) in [5.74, 6) is -0.179. The number of nitrogens with zero attached hydrogens (tertiary/aromatic N) is 5. The molecule has 0 aliphatic carbocycles. The number of fused-ring (bicyclic) bond motifs is 1. The number of piperazine rings is 1. The van der Waals surface area contributed by atoms with Crippen molar-refractivity contribution in [3.05, 3.63) is 71.9 Å². The molecule has 0 bridgehead atoms. The Morgan fingerprint density at radius 3 is 2.50 bits per heavy atom. The highest BCUT2D eigenvalue weighted by molar-refractivity contribution is 5.78. The molecule has 30 heavy (non-hydrogen) atoms. The first-order chi connectivity index (χ1) is 14.5. The zero-order chi connectivity index (χ0) is 21.1. The second kappa shape index (κ2) is 8.93. The molecule has 3 aromatic rings. The highest BCUT2D eigenvalue weighted by Gasteiger charge is 2.23. The van der Waals surface area contributed by atoms with Gasteiger partial charge in [0.25, 0.3) is 0 Å². The van der Waals surface area contributed by atoms with Crippen LogP contribution < -0.4 is 0 Å². The van der Waals surface area contributed by atoms with E-state index in [9.17, 15) is 9.18 Å². The van der Waals surface area contributed by atoms with Gasteiger partial charge in [-0.2, -0.15) is 0 Å². The molecule has 1 aliphatic rings. The number of aromatic nitrogens is 2. The Kier molecular flexibility index (Phi) is 6.11. The van der Waals surface area contributed by atoms with Gasteiger partial charge < -0.3 is 9.30 Å². The fraction of sp³-hybridized carbons (Fsp3) is 0.391. The van der Waals surface area contributed by atoms with E-state index in [-0.39, 0.29) is 17.8 Å². The Morgan fingerprint density at radius 2 is 1.80 bits per heavy atom. The van der Waals surface area contributed by atoms with E-state index < -0.39 is 0 Å². The summed E-state index contributed by atoms with van der Waals surface area (Å²) in [5, 5.41) is 0. The van der Waals surface area contributed by atoms with Crippen molar-refractivity contribution in [1.82, 2.24) is 24.1 Å². The number of amides is 1. The average molecular weight is 410 g/mol. The Morgan fingerprint density at radius 1 is 1.10 bits per heavy atom. The molecule has 6 nitrogen and oxygen atoms in total. The van der Waals surface area contributed by atoms with Crippen LogP contribution in [0.1, 0.15) is 24.2 Å². The number of rotatable bonds is 6. The summed E-state index contributed by atoms with van der Waals surface area (Å²) in [7, 11) is 1.82. The lowest BCUT2D eigenvalue weighted by molar-refractivity contribution is -0.133. The topological polar surface area (TPSA) is 44.1 Å². The summed E-state index contributed by atoms with van der Waals surface area (Å²) < 4.78 is 15.2. The van der Waals surface area contributed by atoms with Gasteiger partial charge in [-0.15, -0.1) is 0 Å². The second-order valence-electron chi connectivity index (χ2n) is 7.98. The maximum Gasteiger partial charge on any atom is 0.236 e. The van der Waals surface area contributed by atoms with Gasteiger partial charge in [0.2, 0.25) is 5.91 Å². The molecule has 158 valence electrons. The number of halogens is 1. The third-order valence-electron chi connectivity index (χ3n) is 5.95. The summed E-state index contributed by atoms with van der Waals surface area (Å²) in [6.45, 7) is 6.75. The Hall–Kier alpha value is -2.77. The number of carbonyl (C=O) groups excluding carboxylic acids is 1. The number of likely N-dealkylation sites (N-methyl/N-ethyl adjacent to an activating group) is 1. The smallest absolute Gasteiger partial charge is 0.236 e. The molecule has 0 saturated carbocycles. The van der Waals surface area contributed by atoms with Crippen molar-refractivity contribution in [3.63, 3.8) is 0 Å². The van der Waals surface area contributed by atoms with Crippen LogP contribution in [-0.2, 0) is 11.3 Å². The van der Waals surface area contributed by atoms with Crippen molar-refractivity contribution in [2.75, 3.05) is 39.8 Å². The normalized spacial score (nSPS) is 16.6. The van der Waals surface area contributed by atoms with Gasteiger partial charge in [-0.1, -0.05) is 18.2 Å². The predicted octanol–water partition coefficient (Wildman–Crippen LogP) is 2.81. The van der Waals surface area contributed by atoms with Gasteiger partial charge in [0.15, 0.2) is 0 Å². The van der Waals surface area contributed by atoms with Gasteiger partial charge in [0, 0.05) is 52.2 Å². The minimum atomic E-state index is -0.263. The van der Waals surface area contributed by atoms with Crippen molar-refractivity contribution in [2.24, 2.45) is 0 Å². The molecule has 1 amide bonds. The first kappa shape index (κ1) is 20.5. The maximum atomic E-state index is 13.1. The second-order valence-corrected chi connectivity index (χ2v) is 7.98. The van der Waals surface area contributed by atoms with E-state index in [0.717, 1.165) is 49.6 Å². The van der Waals surface area contributed by atoms with Crippen molar-refractivity contribution >= 4 is 11.6 Å². The Bertz CT molecular complexity index is 961. The molecule has 1 atom stereocenters. The van der Waals surface area contributed by atoms with E-state index in [2.05, 4.69) is 21.0 Å². The minimum Gasteiger partial charge on any atom is -0.338 e. The van der Waals surface area contributed by atoms with Gasteiger partial charge >= 0.3 is 0 Å². The SMILES string of the molecule is CC(c1ccc(F)cc1)N(C)C(=O)CN1CCN(Cc2cn3ccccc3n2)CC1. The van der Waals surface area contributed by atoms with Crippen molar-refractivity contribution < 1.29 is 9.18 Å². The molecule has 1 aliphatic heterocycles. The molecule has 1 saturated heterocycles. The van der Waals surface area contributed by atoms with Crippen molar-refractivity contribution in [2.45, 2.75) is 19.5 Å². The predicted molar refractivity (Wildman–Crippen MR) is 114 cm³/mol. The number of benzene rings is 1. The summed E-state index contributed by atoms with van der Waals surface area (Å²) >= 11 is 0. The molecule has 0 N–H and O–H groups in total. The van der Waals surface area contributed by atoms with Gasteiger partial charge in [-0.05, 0) is 36.8 Å². The highest BCUT2D eigenvalue weighted by Crippen LogP contribution is 2.19. The summed E-state index contributed by atoms with van der Waals surface area (Å²) in [5.41, 5.74) is 2.97. The molecule has 4 rings (SSSR count). The van der Waals surface area contributed by atoms with Gasteiger partial charge in [0.05, 0.1) is 18.3 Å². The molecular weight excluding hydrogens is 381 g/mol. The van der Waals surface area contributed by atoms with Gasteiger partial charge in [-0.3, -0.25) is 14.6 Å². The number of hydrogen-bond acceptors (Lipinski definition) is 4. The fourth-order valence-electron chi connectivity index (χ4n) is 3.88. The molecule has 0 radical (unpaired) electrons. The van der Waals surface area contributed by atoms with Gasteiger partial charge in [0.1, 0.15) is 11.5 Å². The van der Waals surface area contributed by atoms with Crippen LogP contribution in [0.25, 0.3) is 5.65 Å². The van der Waals surface area contributed by atoms with Crippen LogP contribution in [0.4, 0.5) is 4.39 Å². The molecule has 0 spiro atoms. The minimum absolute atomic E-state index is 0.0839. The van der Waals surface area contributed by atoms with E-state index in [1.165, 1.54) is 12.1 Å². The zero-order valence-electron chi connectivity index (χ0n) is 17.5. The molecular formula is C23H28FN5O. The van der Waals surface area contributed by atoms with E-state index in [1.807, 2.05) is 42.8 Å². The Labute approximate surface area is 176 Å². The number of carbonyl (C=O) groups is 1. The van der Waals surface area contributed by atoms with E-state index in [4.69, 9.17) is 0 Å². The van der Waals surface area contributed by atoms with Crippen LogP contribution in [0.3, 0.4) is 0 Å². The molecule has 1 aromatic carbocycles. The monoisotopic (exact) mass is 409 g/mol. The lowest BCUT2D eigenvalue weighted by Gasteiger charge is -2.35. The molecule has 3 heterocycles. The van der Waals surface area contributed by atoms with Crippen molar-refractivity contribution in [3.8, 4) is 0 Å². The summed E-state index contributed by atoms with van der Waals surface area (Å²) in [6.07, 6.45) is 4.09. The maximum absolute atomic E-state index is 13.1. The summed E-state index contributed by atoms with van der Waals surface area (Å²) in [4.78, 5) is 23.8. The van der Waals surface area contributed by atoms with E-state index in [1.54, 1.807) is 17.0 Å². The summed E-state index contributed by atoms with van der Waals surface area (Å²) in [6, 6.07) is 12.3. The third-order valence-corrected chi connectivity index (χ3v) is 5.95. The standard InChI is InChI=1S/C23H28FN5O/c1-18(19-6-8-20(24)9-7-19)26(2)23(30)17-28-13-11-27(12-14-28)15-21-16-29-10-4-3-5-22(29)25-21/h3-10,16,18H,11-15,17H2,1-2H3. The third kappa shape index (κ3) is 4.68. The van der Waals surface area contributed by atoms with Crippen molar-refractivity contribution in [1.29, 1.82) is 0 Å². The van der Waals surface area contributed by atoms with Crippen LogP contribution in [0.15, 0.2) is 54.9 Å². The largest absolute Gasteiger partial charge is 0.338 e. The van der Waals surface area contributed by atoms with Crippen LogP contribution in [-0.4, -0.2) is 69.8 Å². The number of pyridine rings is 1. The van der Waals surface area contributed by atoms with Gasteiger partial charge in [-0.25, -0.2) is 9.37 Å². The lowest BCUT2D eigenvalue weighted by Crippen LogP contribution is -2.49. The van der Waals surface area contributed by atoms with Crippen LogP contribution in [0.5, 0.6) is 0 Å².